The number of carbonyl (C=O) groups is 2. The Morgan fingerprint density at radius 2 is 2.00 bits per heavy atom. The number of amides is 3. The Kier molecular flexibility index (Phi) is 7.46. The molecule has 2 saturated heterocycles. The molecule has 1 aromatic rings. The van der Waals surface area contributed by atoms with Crippen molar-refractivity contribution in [1.29, 1.82) is 0 Å². The number of β-amino-alcohol motifs (C(OH)–C–C–N with tert-alkyl or cyclic N) is 1. The Labute approximate surface area is 185 Å². The molecule has 0 spiro atoms. The number of guanidine groups is 1. The minimum atomic E-state index is -0.984. The maximum absolute atomic E-state index is 12.5. The van der Waals surface area contributed by atoms with Gasteiger partial charge in [-0.15, -0.1) is 0 Å². The molecule has 0 saturated carbocycles. The Hall–Kier alpha value is -3.41. The van der Waals surface area contributed by atoms with Crippen LogP contribution in [0.4, 0.5) is 10.5 Å². The van der Waals surface area contributed by atoms with Crippen molar-refractivity contribution in [2.75, 3.05) is 26.7 Å². The van der Waals surface area contributed by atoms with Crippen molar-refractivity contribution in [2.45, 2.75) is 44.5 Å². The van der Waals surface area contributed by atoms with E-state index in [-0.39, 0.29) is 18.8 Å². The molecule has 3 unspecified atom stereocenters. The molecular formula is C20H28N6O6. The van der Waals surface area contributed by atoms with Crippen molar-refractivity contribution in [3.63, 3.8) is 0 Å². The number of carbonyl (C=O) groups excluding carboxylic acids is 2. The lowest BCUT2D eigenvalue weighted by molar-refractivity contribution is -0.384. The molecular weight excluding hydrogens is 420 g/mol. The Bertz CT molecular complexity index is 876. The van der Waals surface area contributed by atoms with Crippen molar-refractivity contribution in [1.82, 2.24) is 20.4 Å². The van der Waals surface area contributed by atoms with Crippen molar-refractivity contribution >= 4 is 23.6 Å². The van der Waals surface area contributed by atoms with E-state index in [1.807, 2.05) is 0 Å². The van der Waals surface area contributed by atoms with Crippen LogP contribution in [0.3, 0.4) is 0 Å². The molecule has 12 nitrogen and oxygen atoms in total. The van der Waals surface area contributed by atoms with Crippen LogP contribution < -0.4 is 15.4 Å². The molecule has 0 aliphatic carbocycles. The van der Waals surface area contributed by atoms with Crippen LogP contribution in [0.1, 0.15) is 26.2 Å². The fraction of sp³-hybridized carbons (Fsp3) is 0.550. The van der Waals surface area contributed by atoms with Gasteiger partial charge in [-0.1, -0.05) is 19.8 Å². The molecule has 3 N–H and O–H groups in total. The number of rotatable bonds is 10. The number of benzene rings is 1. The largest absolute Gasteiger partial charge is 0.491 e. The normalized spacial score (nSPS) is 22.4. The number of aliphatic hydroxyl groups excluding tert-OH is 1. The summed E-state index contributed by atoms with van der Waals surface area (Å²) in [6.07, 6.45) is 1.38. The molecule has 3 amide bonds. The fourth-order valence-corrected chi connectivity index (χ4v) is 3.60. The lowest BCUT2D eigenvalue weighted by Crippen LogP contribution is -2.65. The fourth-order valence-electron chi connectivity index (χ4n) is 3.60. The van der Waals surface area contributed by atoms with Crippen LogP contribution in [0.5, 0.6) is 5.75 Å². The predicted molar refractivity (Wildman–Crippen MR) is 115 cm³/mol. The average Bonchev–Trinajstić information content (AvgIpc) is 3.12. The number of unbranched alkanes of at least 4 members (excludes halogenated alkanes) is 2. The average molecular weight is 448 g/mol. The van der Waals surface area contributed by atoms with E-state index in [9.17, 15) is 24.8 Å². The Balaban J connectivity index is 1.67. The van der Waals surface area contributed by atoms with E-state index in [4.69, 9.17) is 4.74 Å². The van der Waals surface area contributed by atoms with Gasteiger partial charge in [0.05, 0.1) is 11.5 Å². The van der Waals surface area contributed by atoms with Crippen molar-refractivity contribution < 1.29 is 24.4 Å². The molecule has 0 aromatic heterocycles. The highest BCUT2D eigenvalue weighted by Gasteiger charge is 2.50. The highest BCUT2D eigenvalue weighted by Crippen LogP contribution is 2.22. The second kappa shape index (κ2) is 10.3. The minimum Gasteiger partial charge on any atom is -0.491 e. The number of nitro benzene ring substituents is 1. The third-order valence-electron chi connectivity index (χ3n) is 5.34. The SMILES string of the molecule is CCCCCN=C1NC2C(C(=O)NC(=O)N2C)N1CC(O)COc1ccc([N+](=O)[O-])cc1. The number of hydrogen-bond acceptors (Lipinski definition) is 7. The molecule has 0 bridgehead atoms. The van der Waals surface area contributed by atoms with Crippen LogP contribution in [0.15, 0.2) is 29.3 Å². The van der Waals surface area contributed by atoms with E-state index in [2.05, 4.69) is 22.5 Å². The third kappa shape index (κ3) is 5.25. The number of imide groups is 1. The molecule has 2 fully saturated rings. The number of ether oxygens (including phenoxy) is 1. The third-order valence-corrected chi connectivity index (χ3v) is 5.34. The summed E-state index contributed by atoms with van der Waals surface area (Å²) < 4.78 is 5.54. The van der Waals surface area contributed by atoms with Gasteiger partial charge in [-0.05, 0) is 18.6 Å². The van der Waals surface area contributed by atoms with E-state index in [0.29, 0.717) is 18.3 Å². The number of nitro groups is 1. The first-order chi connectivity index (χ1) is 15.3. The summed E-state index contributed by atoms with van der Waals surface area (Å²) in [6, 6.07) is 4.30. The molecule has 174 valence electrons. The van der Waals surface area contributed by atoms with E-state index >= 15 is 0 Å². The minimum absolute atomic E-state index is 0.0449. The molecule has 12 heteroatoms. The predicted octanol–water partition coefficient (Wildman–Crippen LogP) is 0.662. The lowest BCUT2D eigenvalue weighted by atomic mass is 10.1. The topological polar surface area (TPSA) is 150 Å². The van der Waals surface area contributed by atoms with Crippen molar-refractivity contribution in [2.24, 2.45) is 4.99 Å². The highest BCUT2D eigenvalue weighted by atomic mass is 16.6. The van der Waals surface area contributed by atoms with Crippen molar-refractivity contribution in [3.05, 3.63) is 34.4 Å². The summed E-state index contributed by atoms with van der Waals surface area (Å²) >= 11 is 0. The number of aliphatic imine (C=N–C) groups is 1. The zero-order valence-electron chi connectivity index (χ0n) is 18.1. The van der Waals surface area contributed by atoms with Gasteiger partial charge in [0.25, 0.3) is 11.6 Å². The van der Waals surface area contributed by atoms with Gasteiger partial charge < -0.3 is 25.0 Å². The van der Waals surface area contributed by atoms with Crippen LogP contribution in [0, 0.1) is 10.1 Å². The first-order valence-electron chi connectivity index (χ1n) is 10.5. The molecule has 2 aliphatic heterocycles. The van der Waals surface area contributed by atoms with Crippen LogP contribution in [-0.4, -0.2) is 82.8 Å². The number of hydrogen-bond donors (Lipinski definition) is 3. The molecule has 2 heterocycles. The molecule has 0 radical (unpaired) electrons. The maximum atomic E-state index is 12.5. The molecule has 32 heavy (non-hydrogen) atoms. The van der Waals surface area contributed by atoms with Gasteiger partial charge in [0, 0.05) is 25.7 Å². The van der Waals surface area contributed by atoms with Crippen LogP contribution in [0.2, 0.25) is 0 Å². The first kappa shape index (κ1) is 23.3. The standard InChI is InChI=1S/C20H28N6O6/c1-3-4-5-10-21-19-22-17-16(18(28)23-20(29)24(17)2)25(19)11-14(27)12-32-15-8-6-13(7-9-15)26(30)31/h6-9,14,16-17,27H,3-5,10-12H2,1-2H3,(H,21,22)(H,23,28,29). The number of non-ortho nitro benzene ring substituents is 1. The van der Waals surface area contributed by atoms with Gasteiger partial charge in [0.2, 0.25) is 0 Å². The number of nitrogens with zero attached hydrogens (tertiary/aromatic N) is 4. The first-order valence-corrected chi connectivity index (χ1v) is 10.5. The Morgan fingerprint density at radius 3 is 2.66 bits per heavy atom. The lowest BCUT2D eigenvalue weighted by Gasteiger charge is -2.35. The van der Waals surface area contributed by atoms with Gasteiger partial charge in [-0.3, -0.25) is 25.2 Å². The second-order valence-corrected chi connectivity index (χ2v) is 7.72. The van der Waals surface area contributed by atoms with E-state index < -0.39 is 35.2 Å². The second-order valence-electron chi connectivity index (χ2n) is 7.72. The summed E-state index contributed by atoms with van der Waals surface area (Å²) in [5.41, 5.74) is -0.0574. The monoisotopic (exact) mass is 448 g/mol. The van der Waals surface area contributed by atoms with Crippen molar-refractivity contribution in [3.8, 4) is 5.75 Å². The summed E-state index contributed by atoms with van der Waals surface area (Å²) in [6.45, 7) is 2.60. The Morgan fingerprint density at radius 1 is 1.28 bits per heavy atom. The van der Waals surface area contributed by atoms with E-state index in [0.717, 1.165) is 19.3 Å². The number of nitrogens with one attached hydrogen (secondary N) is 2. The number of urea groups is 1. The molecule has 1 aromatic carbocycles. The molecule has 3 rings (SSSR count). The number of fused-ring (bicyclic) bond motifs is 1. The quantitative estimate of drug-likeness (QED) is 0.268. The van der Waals surface area contributed by atoms with Gasteiger partial charge >= 0.3 is 6.03 Å². The number of aliphatic hydroxyl groups is 1. The van der Waals surface area contributed by atoms with Gasteiger partial charge in [0.1, 0.15) is 24.6 Å². The van der Waals surface area contributed by atoms with E-state index in [1.165, 1.54) is 29.2 Å². The summed E-state index contributed by atoms with van der Waals surface area (Å²) in [5, 5.41) is 26.8. The molecule has 3 atom stereocenters. The summed E-state index contributed by atoms with van der Waals surface area (Å²) in [5.74, 6) is 0.358. The maximum Gasteiger partial charge on any atom is 0.325 e. The zero-order valence-corrected chi connectivity index (χ0v) is 18.1. The van der Waals surface area contributed by atoms with E-state index in [1.54, 1.807) is 11.9 Å². The summed E-state index contributed by atoms with van der Waals surface area (Å²) in [4.78, 5) is 42.4. The summed E-state index contributed by atoms with van der Waals surface area (Å²) in [7, 11) is 1.58. The van der Waals surface area contributed by atoms with Gasteiger partial charge in [0.15, 0.2) is 12.0 Å². The van der Waals surface area contributed by atoms with Crippen LogP contribution in [0.25, 0.3) is 0 Å². The number of likely N-dealkylation sites (N-methyl/N-ethyl adjacent to an activating group) is 1. The zero-order chi connectivity index (χ0) is 23.3. The highest BCUT2D eigenvalue weighted by molar-refractivity contribution is 6.04. The van der Waals surface area contributed by atoms with Gasteiger partial charge in [-0.2, -0.15) is 0 Å². The van der Waals surface area contributed by atoms with Crippen LogP contribution >= 0.6 is 0 Å². The van der Waals surface area contributed by atoms with Gasteiger partial charge in [-0.25, -0.2) is 4.79 Å². The molecule has 2 aliphatic rings. The van der Waals surface area contributed by atoms with Crippen LogP contribution in [-0.2, 0) is 4.79 Å². The smallest absolute Gasteiger partial charge is 0.325 e.